The molecule has 1 rings (SSSR count). The molecule has 0 spiro atoms. The van der Waals surface area contributed by atoms with Crippen molar-refractivity contribution in [2.24, 2.45) is 0 Å². The van der Waals surface area contributed by atoms with Crippen molar-refractivity contribution in [1.29, 1.82) is 0 Å². The molecule has 4 heteroatoms. The summed E-state index contributed by atoms with van der Waals surface area (Å²) in [4.78, 5) is 0. The summed E-state index contributed by atoms with van der Waals surface area (Å²) < 4.78 is 36.6. The first-order valence-corrected chi connectivity index (χ1v) is 3.72. The number of nitrogens with one attached hydrogen (secondary N) is 1. The van der Waals surface area contributed by atoms with Crippen LogP contribution in [0.5, 0.6) is 0 Å². The van der Waals surface area contributed by atoms with Gasteiger partial charge in [0.25, 0.3) is 0 Å². The minimum absolute atomic E-state index is 0.0980. The summed E-state index contributed by atoms with van der Waals surface area (Å²) in [6.45, 7) is 3.46. The Kier molecular flexibility index (Phi) is 1.90. The Morgan fingerprint density at radius 2 is 1.73 bits per heavy atom. The van der Waals surface area contributed by atoms with Crippen LogP contribution in [0.15, 0.2) is 0 Å². The Labute approximate surface area is 64.0 Å². The molecule has 1 nitrogen and oxygen atoms in total. The van der Waals surface area contributed by atoms with Gasteiger partial charge in [-0.15, -0.1) is 0 Å². The summed E-state index contributed by atoms with van der Waals surface area (Å²) in [7, 11) is 0. The van der Waals surface area contributed by atoms with Crippen molar-refractivity contribution < 1.29 is 13.2 Å². The van der Waals surface area contributed by atoms with Crippen LogP contribution in [0.25, 0.3) is 0 Å². The zero-order valence-corrected chi connectivity index (χ0v) is 6.63. The van der Waals surface area contributed by atoms with Crippen molar-refractivity contribution in [3.8, 4) is 0 Å². The van der Waals surface area contributed by atoms with Crippen molar-refractivity contribution in [2.75, 3.05) is 0 Å². The zero-order chi connectivity index (χ0) is 8.70. The summed E-state index contributed by atoms with van der Waals surface area (Å²) in [5.41, 5.74) is -1.54. The average Bonchev–Trinajstić information content (AvgIpc) is 2.42. The molecular formula is C7H12F3N. The maximum atomic E-state index is 12.2. The third kappa shape index (κ3) is 1.67. The molecule has 0 aromatic heterocycles. The maximum Gasteiger partial charge on any atom is 0.406 e. The highest BCUT2D eigenvalue weighted by molar-refractivity contribution is 5.08. The van der Waals surface area contributed by atoms with E-state index in [-0.39, 0.29) is 18.9 Å². The fourth-order valence-electron chi connectivity index (χ4n) is 1.19. The van der Waals surface area contributed by atoms with Crippen LogP contribution >= 0.6 is 0 Å². The van der Waals surface area contributed by atoms with Gasteiger partial charge in [0.05, 0.1) is 0 Å². The Hall–Kier alpha value is -0.250. The lowest BCUT2D eigenvalue weighted by Crippen LogP contribution is -2.47. The lowest BCUT2D eigenvalue weighted by atomic mass is 10.2. The molecule has 0 saturated heterocycles. The van der Waals surface area contributed by atoms with Gasteiger partial charge < -0.3 is 5.32 Å². The third-order valence-corrected chi connectivity index (χ3v) is 1.86. The molecule has 11 heavy (non-hydrogen) atoms. The van der Waals surface area contributed by atoms with Crippen molar-refractivity contribution >= 4 is 0 Å². The van der Waals surface area contributed by atoms with Gasteiger partial charge in [0.2, 0.25) is 0 Å². The number of rotatable bonds is 2. The van der Waals surface area contributed by atoms with Crippen LogP contribution in [0.1, 0.15) is 26.7 Å². The van der Waals surface area contributed by atoms with E-state index in [0.29, 0.717) is 0 Å². The predicted molar refractivity (Wildman–Crippen MR) is 36.3 cm³/mol. The molecule has 0 radical (unpaired) electrons. The molecule has 0 aromatic rings. The first-order chi connectivity index (χ1) is 4.87. The number of halogens is 3. The SMILES string of the molecule is CC(C)NC1(C(F)(F)F)CC1. The van der Waals surface area contributed by atoms with Crippen molar-refractivity contribution in [3.05, 3.63) is 0 Å². The van der Waals surface area contributed by atoms with Crippen LogP contribution in [0.3, 0.4) is 0 Å². The molecule has 1 N–H and O–H groups in total. The van der Waals surface area contributed by atoms with Gasteiger partial charge >= 0.3 is 6.18 Å². The molecule has 0 aliphatic heterocycles. The second-order valence-electron chi connectivity index (χ2n) is 3.38. The summed E-state index contributed by atoms with van der Waals surface area (Å²) in [5, 5.41) is 2.55. The lowest BCUT2D eigenvalue weighted by molar-refractivity contribution is -0.167. The minimum atomic E-state index is -4.07. The van der Waals surface area contributed by atoms with Gasteiger partial charge in [-0.3, -0.25) is 0 Å². The van der Waals surface area contributed by atoms with E-state index in [9.17, 15) is 13.2 Å². The van der Waals surface area contributed by atoms with Gasteiger partial charge in [0.1, 0.15) is 5.54 Å². The third-order valence-electron chi connectivity index (χ3n) is 1.86. The average molecular weight is 167 g/mol. The normalized spacial score (nSPS) is 22.4. The molecule has 0 atom stereocenters. The minimum Gasteiger partial charge on any atom is -0.301 e. The maximum absolute atomic E-state index is 12.2. The van der Waals surface area contributed by atoms with Crippen molar-refractivity contribution in [3.63, 3.8) is 0 Å². The van der Waals surface area contributed by atoms with E-state index in [1.54, 1.807) is 13.8 Å². The highest BCUT2D eigenvalue weighted by Gasteiger charge is 2.63. The quantitative estimate of drug-likeness (QED) is 0.664. The molecule has 0 unspecified atom stereocenters. The fourth-order valence-corrected chi connectivity index (χ4v) is 1.19. The van der Waals surface area contributed by atoms with Crippen LogP contribution < -0.4 is 5.32 Å². The molecular weight excluding hydrogens is 155 g/mol. The highest BCUT2D eigenvalue weighted by Crippen LogP contribution is 2.49. The summed E-state index contributed by atoms with van der Waals surface area (Å²) in [5.74, 6) is 0. The van der Waals surface area contributed by atoms with Crippen molar-refractivity contribution in [1.82, 2.24) is 5.32 Å². The molecule has 66 valence electrons. The standard InChI is InChI=1S/C7H12F3N/c1-5(2)11-6(3-4-6)7(8,9)10/h5,11H,3-4H2,1-2H3. The second-order valence-corrected chi connectivity index (χ2v) is 3.38. The Morgan fingerprint density at radius 1 is 1.27 bits per heavy atom. The van der Waals surface area contributed by atoms with Gasteiger partial charge in [-0.25, -0.2) is 0 Å². The van der Waals surface area contributed by atoms with Crippen LogP contribution in [0, 0.1) is 0 Å². The van der Waals surface area contributed by atoms with Gasteiger partial charge in [0, 0.05) is 6.04 Å². The topological polar surface area (TPSA) is 12.0 Å². The van der Waals surface area contributed by atoms with Gasteiger partial charge in [-0.1, -0.05) is 13.8 Å². The van der Waals surface area contributed by atoms with E-state index in [2.05, 4.69) is 5.32 Å². The molecule has 0 aromatic carbocycles. The van der Waals surface area contributed by atoms with E-state index in [1.807, 2.05) is 0 Å². The first kappa shape index (κ1) is 8.84. The number of hydrogen-bond donors (Lipinski definition) is 1. The highest BCUT2D eigenvalue weighted by atomic mass is 19.4. The Bertz CT molecular complexity index is 146. The summed E-state index contributed by atoms with van der Waals surface area (Å²) in [6, 6.07) is -0.0980. The zero-order valence-electron chi connectivity index (χ0n) is 6.63. The molecule has 0 amide bonds. The monoisotopic (exact) mass is 167 g/mol. The van der Waals surface area contributed by atoms with E-state index in [1.165, 1.54) is 0 Å². The second kappa shape index (κ2) is 2.37. The summed E-state index contributed by atoms with van der Waals surface area (Å²) >= 11 is 0. The molecule has 1 saturated carbocycles. The fraction of sp³-hybridized carbons (Fsp3) is 1.00. The smallest absolute Gasteiger partial charge is 0.301 e. The lowest BCUT2D eigenvalue weighted by Gasteiger charge is -2.22. The number of alkyl halides is 3. The van der Waals surface area contributed by atoms with E-state index >= 15 is 0 Å². The number of hydrogen-bond acceptors (Lipinski definition) is 1. The molecule has 0 bridgehead atoms. The molecule has 1 aliphatic rings. The van der Waals surface area contributed by atoms with E-state index in [4.69, 9.17) is 0 Å². The van der Waals surface area contributed by atoms with Crippen LogP contribution in [0.4, 0.5) is 13.2 Å². The van der Waals surface area contributed by atoms with Gasteiger partial charge in [-0.2, -0.15) is 13.2 Å². The summed E-state index contributed by atoms with van der Waals surface area (Å²) in [6.07, 6.45) is -3.61. The van der Waals surface area contributed by atoms with Crippen molar-refractivity contribution in [2.45, 2.75) is 44.4 Å². The Morgan fingerprint density at radius 3 is 1.82 bits per heavy atom. The van der Waals surface area contributed by atoms with Gasteiger partial charge in [-0.05, 0) is 12.8 Å². The van der Waals surface area contributed by atoms with Crippen LogP contribution in [0.2, 0.25) is 0 Å². The van der Waals surface area contributed by atoms with E-state index < -0.39 is 11.7 Å². The molecule has 1 fully saturated rings. The van der Waals surface area contributed by atoms with Crippen LogP contribution in [-0.4, -0.2) is 17.8 Å². The largest absolute Gasteiger partial charge is 0.406 e. The molecule has 0 heterocycles. The Balaban J connectivity index is 2.54. The van der Waals surface area contributed by atoms with Gasteiger partial charge in [0.15, 0.2) is 0 Å². The first-order valence-electron chi connectivity index (χ1n) is 3.72. The molecule has 1 aliphatic carbocycles. The predicted octanol–water partition coefficient (Wildman–Crippen LogP) is 2.08. The van der Waals surface area contributed by atoms with E-state index in [0.717, 1.165) is 0 Å². The van der Waals surface area contributed by atoms with Crippen LogP contribution in [-0.2, 0) is 0 Å².